The van der Waals surface area contributed by atoms with E-state index in [0.29, 0.717) is 13.2 Å². The molecule has 3 rings (SSSR count). The molecule has 0 aliphatic carbocycles. The standard InChI is InChI=1S/C15H15FN2O2/c1-17-15(11-6-12(16)9-18-8-11)10-2-3-13-14(7-10)20-5-4-19-13/h2-3,6-9,15,17H,4-5H2,1H3. The molecule has 0 spiro atoms. The fourth-order valence-electron chi connectivity index (χ4n) is 2.35. The number of nitrogens with one attached hydrogen (secondary N) is 1. The van der Waals surface area contributed by atoms with Gasteiger partial charge in [0.1, 0.15) is 19.0 Å². The predicted octanol–water partition coefficient (Wildman–Crippen LogP) is 2.30. The first kappa shape index (κ1) is 12.9. The number of fused-ring (bicyclic) bond motifs is 1. The predicted molar refractivity (Wildman–Crippen MR) is 72.5 cm³/mol. The molecule has 0 amide bonds. The molecule has 2 heterocycles. The summed E-state index contributed by atoms with van der Waals surface area (Å²) in [6, 6.07) is 7.07. The summed E-state index contributed by atoms with van der Waals surface area (Å²) in [4.78, 5) is 3.90. The zero-order valence-corrected chi connectivity index (χ0v) is 11.1. The van der Waals surface area contributed by atoms with Crippen molar-refractivity contribution in [3.8, 4) is 11.5 Å². The van der Waals surface area contributed by atoms with Gasteiger partial charge in [-0.2, -0.15) is 0 Å². The number of hydrogen-bond donors (Lipinski definition) is 1. The van der Waals surface area contributed by atoms with Crippen LogP contribution >= 0.6 is 0 Å². The smallest absolute Gasteiger partial charge is 0.161 e. The molecule has 0 radical (unpaired) electrons. The van der Waals surface area contributed by atoms with E-state index in [9.17, 15) is 4.39 Å². The summed E-state index contributed by atoms with van der Waals surface area (Å²) in [5, 5.41) is 3.17. The summed E-state index contributed by atoms with van der Waals surface area (Å²) in [5.41, 5.74) is 1.74. The zero-order valence-electron chi connectivity index (χ0n) is 11.1. The molecule has 1 aromatic heterocycles. The Morgan fingerprint density at radius 1 is 1.10 bits per heavy atom. The molecule has 1 aliphatic rings. The van der Waals surface area contributed by atoms with Gasteiger partial charge in [0.15, 0.2) is 11.5 Å². The number of hydrogen-bond acceptors (Lipinski definition) is 4. The Kier molecular flexibility index (Phi) is 3.52. The van der Waals surface area contributed by atoms with Crippen LogP contribution in [0.3, 0.4) is 0 Å². The molecule has 4 nitrogen and oxygen atoms in total. The quantitative estimate of drug-likeness (QED) is 0.932. The third-order valence-corrected chi connectivity index (χ3v) is 3.25. The molecule has 1 aliphatic heterocycles. The number of nitrogens with zero attached hydrogens (tertiary/aromatic N) is 1. The van der Waals surface area contributed by atoms with Crippen LogP contribution in [0.1, 0.15) is 17.2 Å². The van der Waals surface area contributed by atoms with Crippen molar-refractivity contribution >= 4 is 0 Å². The average Bonchev–Trinajstić information content (AvgIpc) is 2.48. The lowest BCUT2D eigenvalue weighted by molar-refractivity contribution is 0.171. The van der Waals surface area contributed by atoms with E-state index in [1.165, 1.54) is 12.3 Å². The van der Waals surface area contributed by atoms with Crippen LogP contribution in [0.15, 0.2) is 36.7 Å². The van der Waals surface area contributed by atoms with Gasteiger partial charge in [-0.05, 0) is 36.4 Å². The van der Waals surface area contributed by atoms with E-state index < -0.39 is 0 Å². The van der Waals surface area contributed by atoms with Crippen LogP contribution in [-0.4, -0.2) is 25.2 Å². The molecule has 0 saturated heterocycles. The van der Waals surface area contributed by atoms with Crippen LogP contribution in [0.4, 0.5) is 4.39 Å². The molecule has 1 aromatic carbocycles. The van der Waals surface area contributed by atoms with Gasteiger partial charge in [0.25, 0.3) is 0 Å². The lowest BCUT2D eigenvalue weighted by Crippen LogP contribution is -2.19. The van der Waals surface area contributed by atoms with Crippen molar-refractivity contribution in [2.45, 2.75) is 6.04 Å². The Morgan fingerprint density at radius 2 is 1.90 bits per heavy atom. The van der Waals surface area contributed by atoms with Crippen molar-refractivity contribution in [2.75, 3.05) is 20.3 Å². The maximum Gasteiger partial charge on any atom is 0.161 e. The summed E-state index contributed by atoms with van der Waals surface area (Å²) in [6.45, 7) is 1.11. The normalized spacial score (nSPS) is 14.9. The SMILES string of the molecule is CNC(c1cncc(F)c1)c1ccc2c(c1)OCCO2. The molecular weight excluding hydrogens is 259 g/mol. The lowest BCUT2D eigenvalue weighted by Gasteiger charge is -2.22. The molecule has 2 aromatic rings. The molecule has 5 heteroatoms. The molecule has 0 saturated carbocycles. The third-order valence-electron chi connectivity index (χ3n) is 3.25. The van der Waals surface area contributed by atoms with Gasteiger partial charge < -0.3 is 14.8 Å². The van der Waals surface area contributed by atoms with Gasteiger partial charge in [0.05, 0.1) is 12.2 Å². The summed E-state index contributed by atoms with van der Waals surface area (Å²) < 4.78 is 24.4. The maximum atomic E-state index is 13.3. The fourth-order valence-corrected chi connectivity index (χ4v) is 2.35. The average molecular weight is 274 g/mol. The Balaban J connectivity index is 1.97. The van der Waals surface area contributed by atoms with Crippen LogP contribution in [0.5, 0.6) is 11.5 Å². The van der Waals surface area contributed by atoms with Gasteiger partial charge in [-0.3, -0.25) is 4.98 Å². The summed E-state index contributed by atoms with van der Waals surface area (Å²) in [5.74, 6) is 1.12. The van der Waals surface area contributed by atoms with E-state index in [-0.39, 0.29) is 11.9 Å². The Labute approximate surface area is 116 Å². The van der Waals surface area contributed by atoms with Gasteiger partial charge in [-0.15, -0.1) is 0 Å². The highest BCUT2D eigenvalue weighted by molar-refractivity contribution is 5.46. The second-order valence-corrected chi connectivity index (χ2v) is 4.56. The molecule has 104 valence electrons. The highest BCUT2D eigenvalue weighted by atomic mass is 19.1. The summed E-state index contributed by atoms with van der Waals surface area (Å²) in [6.07, 6.45) is 2.85. The summed E-state index contributed by atoms with van der Waals surface area (Å²) in [7, 11) is 1.83. The molecule has 0 fully saturated rings. The number of rotatable bonds is 3. The van der Waals surface area contributed by atoms with Gasteiger partial charge in [0, 0.05) is 6.20 Å². The van der Waals surface area contributed by atoms with Crippen LogP contribution in [-0.2, 0) is 0 Å². The van der Waals surface area contributed by atoms with E-state index in [1.54, 1.807) is 6.20 Å². The number of benzene rings is 1. The minimum Gasteiger partial charge on any atom is -0.486 e. The first-order valence-electron chi connectivity index (χ1n) is 6.45. The molecule has 0 bridgehead atoms. The number of ether oxygens (including phenoxy) is 2. The molecule has 20 heavy (non-hydrogen) atoms. The fraction of sp³-hybridized carbons (Fsp3) is 0.267. The van der Waals surface area contributed by atoms with Crippen molar-refractivity contribution in [3.63, 3.8) is 0 Å². The van der Waals surface area contributed by atoms with Gasteiger partial charge >= 0.3 is 0 Å². The molecule has 1 unspecified atom stereocenters. The zero-order chi connectivity index (χ0) is 13.9. The van der Waals surface area contributed by atoms with Crippen molar-refractivity contribution in [3.05, 3.63) is 53.6 Å². The van der Waals surface area contributed by atoms with Crippen LogP contribution in [0, 0.1) is 5.82 Å². The molecule has 1 atom stereocenters. The highest BCUT2D eigenvalue weighted by Crippen LogP contribution is 2.34. The Bertz CT molecular complexity index is 619. The first-order valence-corrected chi connectivity index (χ1v) is 6.45. The highest BCUT2D eigenvalue weighted by Gasteiger charge is 2.17. The van der Waals surface area contributed by atoms with E-state index in [0.717, 1.165) is 22.6 Å². The Morgan fingerprint density at radius 3 is 2.65 bits per heavy atom. The van der Waals surface area contributed by atoms with E-state index in [4.69, 9.17) is 9.47 Å². The largest absolute Gasteiger partial charge is 0.486 e. The second kappa shape index (κ2) is 5.46. The lowest BCUT2D eigenvalue weighted by atomic mass is 10.00. The van der Waals surface area contributed by atoms with Crippen molar-refractivity contribution in [1.29, 1.82) is 0 Å². The Hall–Kier alpha value is -2.14. The number of pyridine rings is 1. The van der Waals surface area contributed by atoms with Crippen molar-refractivity contribution in [1.82, 2.24) is 10.3 Å². The van der Waals surface area contributed by atoms with Crippen molar-refractivity contribution < 1.29 is 13.9 Å². The molecule has 1 N–H and O–H groups in total. The maximum absolute atomic E-state index is 13.3. The van der Waals surface area contributed by atoms with Crippen LogP contribution < -0.4 is 14.8 Å². The third kappa shape index (κ3) is 2.44. The van der Waals surface area contributed by atoms with Gasteiger partial charge in [0.2, 0.25) is 0 Å². The minimum atomic E-state index is -0.347. The monoisotopic (exact) mass is 274 g/mol. The minimum absolute atomic E-state index is 0.144. The van der Waals surface area contributed by atoms with E-state index in [1.807, 2.05) is 25.2 Å². The van der Waals surface area contributed by atoms with Crippen LogP contribution in [0.2, 0.25) is 0 Å². The van der Waals surface area contributed by atoms with Crippen molar-refractivity contribution in [2.24, 2.45) is 0 Å². The second-order valence-electron chi connectivity index (χ2n) is 4.56. The van der Waals surface area contributed by atoms with Crippen LogP contribution in [0.25, 0.3) is 0 Å². The van der Waals surface area contributed by atoms with Gasteiger partial charge in [-0.25, -0.2) is 4.39 Å². The number of aromatic nitrogens is 1. The van der Waals surface area contributed by atoms with E-state index >= 15 is 0 Å². The van der Waals surface area contributed by atoms with Gasteiger partial charge in [-0.1, -0.05) is 6.07 Å². The first-order chi connectivity index (χ1) is 9.78. The van der Waals surface area contributed by atoms with E-state index in [2.05, 4.69) is 10.3 Å². The topological polar surface area (TPSA) is 43.4 Å². The summed E-state index contributed by atoms with van der Waals surface area (Å²) >= 11 is 0. The molecular formula is C15H15FN2O2. The number of halogens is 1.